The van der Waals surface area contributed by atoms with E-state index in [4.69, 9.17) is 5.73 Å². The molecule has 0 atom stereocenters. The van der Waals surface area contributed by atoms with Crippen molar-refractivity contribution in [2.45, 2.75) is 6.54 Å². The number of thiazole rings is 1. The normalized spacial score (nSPS) is 10.0. The zero-order chi connectivity index (χ0) is 11.4. The number of carbonyl (C=O) groups is 1. The molecule has 5 nitrogen and oxygen atoms in total. The fraction of sp³-hybridized carbons (Fsp3) is 0.100. The third kappa shape index (κ3) is 2.54. The van der Waals surface area contributed by atoms with Crippen LogP contribution in [0.5, 0.6) is 0 Å². The topological polar surface area (TPSA) is 80.9 Å². The summed E-state index contributed by atoms with van der Waals surface area (Å²) >= 11 is 1.35. The van der Waals surface area contributed by atoms with Gasteiger partial charge < -0.3 is 11.1 Å². The summed E-state index contributed by atoms with van der Waals surface area (Å²) in [5, 5.41) is 5.03. The highest BCUT2D eigenvalue weighted by atomic mass is 32.1. The van der Waals surface area contributed by atoms with E-state index < -0.39 is 0 Å². The Labute approximate surface area is 96.3 Å². The number of carbonyl (C=O) groups excluding carboxylic acids is 1. The van der Waals surface area contributed by atoms with Gasteiger partial charge in [0.15, 0.2) is 5.13 Å². The molecule has 2 aromatic heterocycles. The number of nitrogens with one attached hydrogen (secondary N) is 1. The van der Waals surface area contributed by atoms with Gasteiger partial charge in [-0.15, -0.1) is 11.3 Å². The quantitative estimate of drug-likeness (QED) is 0.831. The Bertz CT molecular complexity index is 483. The van der Waals surface area contributed by atoms with Gasteiger partial charge in [0, 0.05) is 11.6 Å². The Morgan fingerprint density at radius 3 is 3.00 bits per heavy atom. The van der Waals surface area contributed by atoms with Gasteiger partial charge in [0.25, 0.3) is 5.91 Å². The van der Waals surface area contributed by atoms with E-state index in [0.29, 0.717) is 17.4 Å². The molecule has 0 fully saturated rings. The first-order valence-electron chi connectivity index (χ1n) is 4.65. The minimum atomic E-state index is -0.216. The van der Waals surface area contributed by atoms with E-state index in [0.717, 1.165) is 5.69 Å². The van der Waals surface area contributed by atoms with Crippen LogP contribution in [0.1, 0.15) is 16.2 Å². The fourth-order valence-electron chi connectivity index (χ4n) is 1.16. The molecule has 0 aromatic carbocycles. The minimum Gasteiger partial charge on any atom is -0.375 e. The lowest BCUT2D eigenvalue weighted by atomic mass is 10.3. The zero-order valence-corrected chi connectivity index (χ0v) is 9.20. The third-order valence-corrected chi connectivity index (χ3v) is 2.62. The number of hydrogen-bond acceptors (Lipinski definition) is 5. The van der Waals surface area contributed by atoms with Gasteiger partial charge in [-0.2, -0.15) is 0 Å². The molecular formula is C10H10N4OS. The Morgan fingerprint density at radius 2 is 2.38 bits per heavy atom. The molecule has 1 amide bonds. The fourth-order valence-corrected chi connectivity index (χ4v) is 1.73. The highest BCUT2D eigenvalue weighted by Gasteiger charge is 2.06. The van der Waals surface area contributed by atoms with Gasteiger partial charge in [0.05, 0.1) is 12.2 Å². The van der Waals surface area contributed by atoms with Crippen LogP contribution >= 0.6 is 11.3 Å². The summed E-state index contributed by atoms with van der Waals surface area (Å²) in [5.74, 6) is -0.216. The van der Waals surface area contributed by atoms with Crippen LogP contribution in [0.2, 0.25) is 0 Å². The van der Waals surface area contributed by atoms with Gasteiger partial charge in [-0.3, -0.25) is 9.78 Å². The van der Waals surface area contributed by atoms with Crippen LogP contribution < -0.4 is 11.1 Å². The van der Waals surface area contributed by atoms with Crippen LogP contribution in [-0.4, -0.2) is 15.9 Å². The SMILES string of the molecule is Nc1nc(CNC(=O)c2ccccn2)cs1. The smallest absolute Gasteiger partial charge is 0.270 e. The van der Waals surface area contributed by atoms with Gasteiger partial charge in [-0.25, -0.2) is 4.98 Å². The van der Waals surface area contributed by atoms with Crippen molar-refractivity contribution in [1.29, 1.82) is 0 Å². The number of nitrogen functional groups attached to an aromatic ring is 1. The minimum absolute atomic E-state index is 0.216. The number of pyridine rings is 1. The summed E-state index contributed by atoms with van der Waals surface area (Å²) in [7, 11) is 0. The van der Waals surface area contributed by atoms with Crippen molar-refractivity contribution in [2.75, 3.05) is 5.73 Å². The average molecular weight is 234 g/mol. The summed E-state index contributed by atoms with van der Waals surface area (Å²) in [6, 6.07) is 5.19. The number of anilines is 1. The maximum absolute atomic E-state index is 11.6. The lowest BCUT2D eigenvalue weighted by Gasteiger charge is -2.01. The maximum atomic E-state index is 11.6. The van der Waals surface area contributed by atoms with Gasteiger partial charge in [-0.05, 0) is 12.1 Å². The van der Waals surface area contributed by atoms with Crippen LogP contribution in [0.4, 0.5) is 5.13 Å². The van der Waals surface area contributed by atoms with E-state index in [2.05, 4.69) is 15.3 Å². The first-order valence-corrected chi connectivity index (χ1v) is 5.53. The van der Waals surface area contributed by atoms with E-state index >= 15 is 0 Å². The number of rotatable bonds is 3. The molecule has 2 aromatic rings. The summed E-state index contributed by atoms with van der Waals surface area (Å²) < 4.78 is 0. The monoisotopic (exact) mass is 234 g/mol. The first-order chi connectivity index (χ1) is 7.75. The Kier molecular flexibility index (Phi) is 3.11. The molecule has 2 rings (SSSR count). The van der Waals surface area contributed by atoms with Crippen molar-refractivity contribution in [3.05, 3.63) is 41.2 Å². The average Bonchev–Trinajstić information content (AvgIpc) is 2.73. The van der Waals surface area contributed by atoms with E-state index in [1.165, 1.54) is 11.3 Å². The van der Waals surface area contributed by atoms with Crippen molar-refractivity contribution in [1.82, 2.24) is 15.3 Å². The predicted octanol–water partition coefficient (Wildman–Crippen LogP) is 1.05. The van der Waals surface area contributed by atoms with Crippen molar-refractivity contribution < 1.29 is 4.79 Å². The molecule has 0 aliphatic heterocycles. The summed E-state index contributed by atoms with van der Waals surface area (Å²) in [4.78, 5) is 19.6. The van der Waals surface area contributed by atoms with Crippen molar-refractivity contribution in [3.8, 4) is 0 Å². The first kappa shape index (κ1) is 10.6. The summed E-state index contributed by atoms with van der Waals surface area (Å²) in [6.45, 7) is 0.364. The molecule has 0 spiro atoms. The summed E-state index contributed by atoms with van der Waals surface area (Å²) in [6.07, 6.45) is 1.58. The number of nitrogens with zero attached hydrogens (tertiary/aromatic N) is 2. The van der Waals surface area contributed by atoms with Crippen LogP contribution in [0.3, 0.4) is 0 Å². The second-order valence-electron chi connectivity index (χ2n) is 3.07. The Hall–Kier alpha value is -1.95. The number of amides is 1. The lowest BCUT2D eigenvalue weighted by Crippen LogP contribution is -2.23. The van der Waals surface area contributed by atoms with Gasteiger partial charge >= 0.3 is 0 Å². The molecule has 0 unspecified atom stereocenters. The lowest BCUT2D eigenvalue weighted by molar-refractivity contribution is 0.0945. The van der Waals surface area contributed by atoms with Gasteiger partial charge in [-0.1, -0.05) is 6.07 Å². The highest BCUT2D eigenvalue weighted by molar-refractivity contribution is 7.13. The van der Waals surface area contributed by atoms with Gasteiger partial charge in [0.1, 0.15) is 5.69 Å². The second kappa shape index (κ2) is 4.71. The number of hydrogen-bond donors (Lipinski definition) is 2. The molecule has 0 radical (unpaired) electrons. The van der Waals surface area contributed by atoms with Crippen LogP contribution in [0, 0.1) is 0 Å². The van der Waals surface area contributed by atoms with Crippen molar-refractivity contribution >= 4 is 22.4 Å². The largest absolute Gasteiger partial charge is 0.375 e. The predicted molar refractivity (Wildman–Crippen MR) is 61.9 cm³/mol. The van der Waals surface area contributed by atoms with E-state index in [-0.39, 0.29) is 5.91 Å². The van der Waals surface area contributed by atoms with Crippen LogP contribution in [0.25, 0.3) is 0 Å². The molecule has 0 bridgehead atoms. The summed E-state index contributed by atoms with van der Waals surface area (Å²) in [5.41, 5.74) is 6.63. The zero-order valence-electron chi connectivity index (χ0n) is 8.38. The number of aromatic nitrogens is 2. The Balaban J connectivity index is 1.94. The van der Waals surface area contributed by atoms with Crippen molar-refractivity contribution in [2.24, 2.45) is 0 Å². The second-order valence-corrected chi connectivity index (χ2v) is 3.96. The van der Waals surface area contributed by atoms with Crippen LogP contribution in [-0.2, 0) is 6.54 Å². The standard InChI is InChI=1S/C10H10N4OS/c11-10-14-7(6-16-10)5-13-9(15)8-3-1-2-4-12-8/h1-4,6H,5H2,(H2,11,14)(H,13,15). The molecule has 0 saturated carbocycles. The van der Waals surface area contributed by atoms with E-state index in [9.17, 15) is 4.79 Å². The molecule has 82 valence electrons. The maximum Gasteiger partial charge on any atom is 0.270 e. The molecule has 0 aliphatic rings. The van der Waals surface area contributed by atoms with E-state index in [1.54, 1.807) is 24.4 Å². The molecule has 3 N–H and O–H groups in total. The molecule has 16 heavy (non-hydrogen) atoms. The molecule has 6 heteroatoms. The van der Waals surface area contributed by atoms with Crippen LogP contribution in [0.15, 0.2) is 29.8 Å². The van der Waals surface area contributed by atoms with E-state index in [1.807, 2.05) is 5.38 Å². The van der Waals surface area contributed by atoms with Gasteiger partial charge in [0.2, 0.25) is 0 Å². The molecule has 0 saturated heterocycles. The molecule has 0 aliphatic carbocycles. The number of nitrogens with two attached hydrogens (primary N) is 1. The molecule has 2 heterocycles. The molecular weight excluding hydrogens is 224 g/mol. The van der Waals surface area contributed by atoms with Crippen molar-refractivity contribution in [3.63, 3.8) is 0 Å². The third-order valence-electron chi connectivity index (χ3n) is 1.90. The highest BCUT2D eigenvalue weighted by Crippen LogP contribution is 2.10. The Morgan fingerprint density at radius 1 is 1.50 bits per heavy atom.